The molecule has 1 aliphatic rings. The van der Waals surface area contributed by atoms with Gasteiger partial charge in [0.2, 0.25) is 0 Å². The highest BCUT2D eigenvalue weighted by Gasteiger charge is 2.35. The van der Waals surface area contributed by atoms with Gasteiger partial charge in [-0.1, -0.05) is 5.16 Å². The number of nitrogens with one attached hydrogen (secondary N) is 2. The quantitative estimate of drug-likeness (QED) is 0.862. The van der Waals surface area contributed by atoms with Gasteiger partial charge in [-0.3, -0.25) is 5.32 Å². The van der Waals surface area contributed by atoms with Crippen LogP contribution in [-0.2, 0) is 6.18 Å². The molecule has 1 saturated heterocycles. The summed E-state index contributed by atoms with van der Waals surface area (Å²) >= 11 is 0. The minimum atomic E-state index is -4.46. The third-order valence-corrected chi connectivity index (χ3v) is 4.38. The van der Waals surface area contributed by atoms with E-state index in [9.17, 15) is 18.0 Å². The molecule has 0 aliphatic carbocycles. The molecule has 1 atom stereocenters. The fourth-order valence-electron chi connectivity index (χ4n) is 2.79. The molecular weight excluding hydrogens is 339 g/mol. The Labute approximate surface area is 141 Å². The van der Waals surface area contributed by atoms with Crippen molar-refractivity contribution in [1.82, 2.24) is 20.0 Å². The van der Waals surface area contributed by atoms with E-state index >= 15 is 0 Å². The normalized spacial score (nSPS) is 18.4. The van der Waals surface area contributed by atoms with E-state index in [-0.39, 0.29) is 24.3 Å². The van der Waals surface area contributed by atoms with Crippen molar-refractivity contribution in [2.24, 2.45) is 0 Å². The van der Waals surface area contributed by atoms with Crippen LogP contribution in [0.2, 0.25) is 0 Å². The standard InChI is InChI=1S/C15H18F3N5O2/c1-8-9(2)25-22-12(8)21-14(24)23-5-3-4-10(7-23)13-19-6-11(20-13)15(16,17)18/h6,10H,3-5,7H2,1-2H3,(H,19,20)(H,21,22,24). The van der Waals surface area contributed by atoms with Crippen LogP contribution in [0.15, 0.2) is 10.7 Å². The maximum Gasteiger partial charge on any atom is 0.432 e. The van der Waals surface area contributed by atoms with E-state index in [4.69, 9.17) is 4.52 Å². The number of aromatic nitrogens is 3. The minimum absolute atomic E-state index is 0.248. The number of carbonyl (C=O) groups excluding carboxylic acids is 1. The number of urea groups is 1. The number of alkyl halides is 3. The Kier molecular flexibility index (Phi) is 4.44. The smallest absolute Gasteiger partial charge is 0.359 e. The van der Waals surface area contributed by atoms with Crippen molar-refractivity contribution < 1.29 is 22.5 Å². The van der Waals surface area contributed by atoms with E-state index < -0.39 is 11.9 Å². The predicted molar refractivity (Wildman–Crippen MR) is 82.1 cm³/mol. The summed E-state index contributed by atoms with van der Waals surface area (Å²) in [6.07, 6.45) is -2.33. The molecule has 2 aromatic rings. The Hall–Kier alpha value is -2.52. The zero-order valence-corrected chi connectivity index (χ0v) is 13.8. The molecule has 0 radical (unpaired) electrons. The Morgan fingerprint density at radius 2 is 2.20 bits per heavy atom. The van der Waals surface area contributed by atoms with Gasteiger partial charge in [-0.2, -0.15) is 13.2 Å². The first kappa shape index (κ1) is 17.3. The number of hydrogen-bond donors (Lipinski definition) is 2. The van der Waals surface area contributed by atoms with Gasteiger partial charge in [-0.15, -0.1) is 0 Å². The number of piperidine rings is 1. The first-order chi connectivity index (χ1) is 11.8. The number of amides is 2. The summed E-state index contributed by atoms with van der Waals surface area (Å²) in [5, 5.41) is 6.45. The molecular formula is C15H18F3N5O2. The first-order valence-electron chi connectivity index (χ1n) is 7.86. The molecule has 2 aromatic heterocycles. The van der Waals surface area contributed by atoms with E-state index in [1.165, 1.54) is 0 Å². The molecule has 3 rings (SSSR count). The zero-order chi connectivity index (χ0) is 18.2. The van der Waals surface area contributed by atoms with Crippen LogP contribution in [0, 0.1) is 13.8 Å². The predicted octanol–water partition coefficient (Wildman–Crippen LogP) is 3.44. The van der Waals surface area contributed by atoms with Gasteiger partial charge in [0.1, 0.15) is 17.3 Å². The Balaban J connectivity index is 1.67. The van der Waals surface area contributed by atoms with Gasteiger partial charge >= 0.3 is 12.2 Å². The Bertz CT molecular complexity index is 768. The third-order valence-electron chi connectivity index (χ3n) is 4.38. The zero-order valence-electron chi connectivity index (χ0n) is 13.8. The van der Waals surface area contributed by atoms with Crippen LogP contribution >= 0.6 is 0 Å². The molecule has 1 aliphatic heterocycles. The van der Waals surface area contributed by atoms with Crippen LogP contribution in [-0.4, -0.2) is 39.1 Å². The first-order valence-corrected chi connectivity index (χ1v) is 7.86. The van der Waals surface area contributed by atoms with Gasteiger partial charge in [0.25, 0.3) is 0 Å². The highest BCUT2D eigenvalue weighted by Crippen LogP contribution is 2.31. The SMILES string of the molecule is Cc1onc(NC(=O)N2CCCC(c3ncc(C(F)(F)F)[nH]3)C2)c1C. The number of nitrogens with zero attached hydrogens (tertiary/aromatic N) is 3. The van der Waals surface area contributed by atoms with Crippen molar-refractivity contribution in [3.8, 4) is 0 Å². The number of imidazole rings is 1. The summed E-state index contributed by atoms with van der Waals surface area (Å²) in [5.74, 6) is 0.943. The molecule has 0 aromatic carbocycles. The van der Waals surface area contributed by atoms with Crippen molar-refractivity contribution >= 4 is 11.8 Å². The number of H-pyrrole nitrogens is 1. The van der Waals surface area contributed by atoms with E-state index in [2.05, 4.69) is 20.4 Å². The molecule has 2 amide bonds. The Morgan fingerprint density at radius 3 is 2.80 bits per heavy atom. The third kappa shape index (κ3) is 3.62. The highest BCUT2D eigenvalue weighted by molar-refractivity contribution is 5.89. The largest absolute Gasteiger partial charge is 0.432 e. The second kappa shape index (κ2) is 6.41. The van der Waals surface area contributed by atoms with Crippen molar-refractivity contribution in [3.63, 3.8) is 0 Å². The number of anilines is 1. The number of halogens is 3. The van der Waals surface area contributed by atoms with Crippen molar-refractivity contribution in [3.05, 3.63) is 29.0 Å². The molecule has 10 heteroatoms. The van der Waals surface area contributed by atoms with Crippen molar-refractivity contribution in [2.45, 2.75) is 38.8 Å². The molecule has 7 nitrogen and oxygen atoms in total. The lowest BCUT2D eigenvalue weighted by atomic mass is 9.97. The Morgan fingerprint density at radius 1 is 1.44 bits per heavy atom. The van der Waals surface area contributed by atoms with E-state index in [0.29, 0.717) is 31.0 Å². The molecule has 3 heterocycles. The average Bonchev–Trinajstić information content (AvgIpc) is 3.18. The minimum Gasteiger partial charge on any atom is -0.359 e. The van der Waals surface area contributed by atoms with Gasteiger partial charge < -0.3 is 14.4 Å². The monoisotopic (exact) mass is 357 g/mol. The summed E-state index contributed by atoms with van der Waals surface area (Å²) in [6, 6.07) is -0.358. The van der Waals surface area contributed by atoms with Gasteiger partial charge in [-0.05, 0) is 26.7 Å². The summed E-state index contributed by atoms with van der Waals surface area (Å²) in [5.41, 5.74) is -0.138. The maximum absolute atomic E-state index is 12.7. The molecule has 0 spiro atoms. The number of hydrogen-bond acceptors (Lipinski definition) is 4. The molecule has 1 fully saturated rings. The summed E-state index contributed by atoms with van der Waals surface area (Å²) in [7, 11) is 0. The number of aryl methyl sites for hydroxylation is 1. The van der Waals surface area contributed by atoms with Crippen molar-refractivity contribution in [2.75, 3.05) is 18.4 Å². The lowest BCUT2D eigenvalue weighted by Crippen LogP contribution is -2.42. The van der Waals surface area contributed by atoms with Crippen LogP contribution in [0.25, 0.3) is 0 Å². The second-order valence-electron chi connectivity index (χ2n) is 6.11. The van der Waals surface area contributed by atoms with Gasteiger partial charge in [-0.25, -0.2) is 9.78 Å². The van der Waals surface area contributed by atoms with E-state index in [1.54, 1.807) is 18.7 Å². The number of aromatic amines is 1. The van der Waals surface area contributed by atoms with Crippen LogP contribution < -0.4 is 5.32 Å². The van der Waals surface area contributed by atoms with Crippen LogP contribution in [0.5, 0.6) is 0 Å². The molecule has 0 saturated carbocycles. The van der Waals surface area contributed by atoms with E-state index in [1.807, 2.05) is 0 Å². The van der Waals surface area contributed by atoms with Gasteiger partial charge in [0.05, 0.1) is 6.20 Å². The summed E-state index contributed by atoms with van der Waals surface area (Å²) in [6.45, 7) is 4.32. The van der Waals surface area contributed by atoms with Crippen LogP contribution in [0.4, 0.5) is 23.8 Å². The van der Waals surface area contributed by atoms with Crippen LogP contribution in [0.1, 0.15) is 41.6 Å². The van der Waals surface area contributed by atoms with Gasteiger partial charge in [0, 0.05) is 24.6 Å². The number of carbonyl (C=O) groups is 1. The average molecular weight is 357 g/mol. The number of rotatable bonds is 2. The van der Waals surface area contributed by atoms with Gasteiger partial charge in [0.15, 0.2) is 5.82 Å². The number of likely N-dealkylation sites (tertiary alicyclic amines) is 1. The summed E-state index contributed by atoms with van der Waals surface area (Å²) < 4.78 is 43.1. The van der Waals surface area contributed by atoms with Crippen LogP contribution in [0.3, 0.4) is 0 Å². The highest BCUT2D eigenvalue weighted by atomic mass is 19.4. The molecule has 1 unspecified atom stereocenters. The fourth-order valence-corrected chi connectivity index (χ4v) is 2.79. The van der Waals surface area contributed by atoms with E-state index in [0.717, 1.165) is 11.8 Å². The summed E-state index contributed by atoms with van der Waals surface area (Å²) in [4.78, 5) is 20.1. The fraction of sp³-hybridized carbons (Fsp3) is 0.533. The molecule has 0 bridgehead atoms. The molecule has 136 valence electrons. The lowest BCUT2D eigenvalue weighted by molar-refractivity contribution is -0.141. The second-order valence-corrected chi connectivity index (χ2v) is 6.11. The van der Waals surface area contributed by atoms with Crippen molar-refractivity contribution in [1.29, 1.82) is 0 Å². The molecule has 2 N–H and O–H groups in total. The lowest BCUT2D eigenvalue weighted by Gasteiger charge is -2.31. The maximum atomic E-state index is 12.7. The molecule has 25 heavy (non-hydrogen) atoms. The topological polar surface area (TPSA) is 87.1 Å².